The number of carbonyl (C=O) groups excluding carboxylic acids is 2. The van der Waals surface area contributed by atoms with Crippen LogP contribution in [0.1, 0.15) is 36.2 Å². The molecule has 4 nitrogen and oxygen atoms in total. The third-order valence-corrected chi connectivity index (χ3v) is 6.49. The van der Waals surface area contributed by atoms with Gasteiger partial charge in [-0.25, -0.2) is 4.90 Å². The summed E-state index contributed by atoms with van der Waals surface area (Å²) in [5.41, 5.74) is 1.39. The van der Waals surface area contributed by atoms with Gasteiger partial charge in [0.05, 0.1) is 18.4 Å². The van der Waals surface area contributed by atoms with Gasteiger partial charge >= 0.3 is 0 Å². The molecule has 2 aliphatic heterocycles. The zero-order chi connectivity index (χ0) is 15.3. The number of fused-ring (bicyclic) bond motifs is 2. The van der Waals surface area contributed by atoms with Gasteiger partial charge in [0.25, 0.3) is 0 Å². The monoisotopic (exact) mass is 317 g/mol. The van der Waals surface area contributed by atoms with Crippen molar-refractivity contribution in [2.45, 2.75) is 32.2 Å². The van der Waals surface area contributed by atoms with Crippen LogP contribution in [0.2, 0.25) is 0 Å². The van der Waals surface area contributed by atoms with E-state index in [9.17, 15) is 9.59 Å². The number of likely N-dealkylation sites (tertiary alicyclic amines) is 1. The number of imide groups is 1. The van der Waals surface area contributed by atoms with Crippen molar-refractivity contribution in [2.75, 3.05) is 13.2 Å². The third kappa shape index (κ3) is 2.07. The van der Waals surface area contributed by atoms with Crippen molar-refractivity contribution >= 4 is 23.2 Å². The van der Waals surface area contributed by atoms with E-state index < -0.39 is 0 Å². The Hall–Kier alpha value is -1.46. The number of amides is 2. The largest absolute Gasteiger partial charge is 0.311 e. The smallest absolute Gasteiger partial charge is 0.237 e. The Morgan fingerprint density at radius 2 is 1.91 bits per heavy atom. The Balaban J connectivity index is 1.52. The van der Waals surface area contributed by atoms with E-state index >= 15 is 0 Å². The fourth-order valence-corrected chi connectivity index (χ4v) is 5.07. The van der Waals surface area contributed by atoms with Gasteiger partial charge in [0.15, 0.2) is 6.67 Å². The van der Waals surface area contributed by atoms with E-state index in [1.165, 1.54) is 15.3 Å². The van der Waals surface area contributed by atoms with Gasteiger partial charge in [-0.1, -0.05) is 12.2 Å². The van der Waals surface area contributed by atoms with Crippen molar-refractivity contribution in [2.24, 2.45) is 11.8 Å². The topological polar surface area (TPSA) is 41.8 Å². The molecule has 1 N–H and O–H groups in total. The average molecular weight is 317 g/mol. The lowest BCUT2D eigenvalue weighted by molar-refractivity contribution is -0.938. The highest BCUT2D eigenvalue weighted by Gasteiger charge is 2.49. The van der Waals surface area contributed by atoms with E-state index in [1.54, 1.807) is 4.90 Å². The van der Waals surface area contributed by atoms with Crippen molar-refractivity contribution in [1.82, 2.24) is 4.90 Å². The molecule has 0 spiro atoms. The first-order valence-electron chi connectivity index (χ1n) is 8.08. The van der Waals surface area contributed by atoms with Gasteiger partial charge in [0, 0.05) is 16.9 Å². The van der Waals surface area contributed by atoms with Gasteiger partial charge in [-0.05, 0) is 31.2 Å². The van der Waals surface area contributed by atoms with E-state index in [1.807, 2.05) is 23.5 Å². The maximum atomic E-state index is 12.6. The van der Waals surface area contributed by atoms with Crippen LogP contribution in [-0.4, -0.2) is 29.9 Å². The normalized spacial score (nSPS) is 34.0. The van der Waals surface area contributed by atoms with E-state index in [2.05, 4.69) is 18.4 Å². The van der Waals surface area contributed by atoms with Crippen LogP contribution in [0.3, 0.4) is 0 Å². The second kappa shape index (κ2) is 5.32. The Morgan fingerprint density at radius 1 is 1.23 bits per heavy atom. The number of hydrogen-bond acceptors (Lipinski definition) is 3. The molecule has 0 bridgehead atoms. The van der Waals surface area contributed by atoms with E-state index in [-0.39, 0.29) is 23.7 Å². The highest BCUT2D eigenvalue weighted by Crippen LogP contribution is 2.34. The van der Waals surface area contributed by atoms with Gasteiger partial charge in [-0.2, -0.15) is 0 Å². The lowest BCUT2D eigenvalue weighted by Gasteiger charge is -2.32. The quantitative estimate of drug-likeness (QED) is 0.657. The van der Waals surface area contributed by atoms with Crippen LogP contribution in [0, 0.1) is 11.8 Å². The van der Waals surface area contributed by atoms with Crippen LogP contribution in [-0.2, 0) is 16.0 Å². The minimum Gasteiger partial charge on any atom is -0.311 e. The number of allylic oxidation sites excluding steroid dienone is 2. The first-order chi connectivity index (χ1) is 10.7. The SMILES string of the molecule is C[C@@H]1c2ccsc2CC[NH+]1CN1C(=O)[C@H]2CC=CC[C@H]2C1=O. The van der Waals surface area contributed by atoms with Crippen molar-refractivity contribution in [3.63, 3.8) is 0 Å². The summed E-state index contributed by atoms with van der Waals surface area (Å²) in [5.74, 6) is -0.104. The molecular weight excluding hydrogens is 296 g/mol. The lowest BCUT2D eigenvalue weighted by Crippen LogP contribution is -3.14. The summed E-state index contributed by atoms with van der Waals surface area (Å²) in [7, 11) is 0. The first kappa shape index (κ1) is 14.2. The predicted octanol–water partition coefficient (Wildman–Crippen LogP) is 1.16. The van der Waals surface area contributed by atoms with E-state index in [4.69, 9.17) is 0 Å². The molecule has 4 rings (SSSR count). The summed E-state index contributed by atoms with van der Waals surface area (Å²) in [6, 6.07) is 2.55. The van der Waals surface area contributed by atoms with E-state index in [0.717, 1.165) is 25.8 Å². The first-order valence-corrected chi connectivity index (χ1v) is 8.96. The van der Waals surface area contributed by atoms with Gasteiger partial charge in [-0.3, -0.25) is 9.59 Å². The molecule has 1 unspecified atom stereocenters. The second-order valence-corrected chi connectivity index (χ2v) is 7.60. The number of rotatable bonds is 2. The summed E-state index contributed by atoms with van der Waals surface area (Å²) in [6.07, 6.45) is 6.60. The molecule has 22 heavy (non-hydrogen) atoms. The van der Waals surface area contributed by atoms with Gasteiger partial charge in [-0.15, -0.1) is 11.3 Å². The average Bonchev–Trinajstić information content (AvgIpc) is 3.10. The molecule has 2 amide bonds. The number of thiophene rings is 1. The molecule has 1 fully saturated rings. The Labute approximate surface area is 134 Å². The minimum atomic E-state index is -0.103. The highest BCUT2D eigenvalue weighted by molar-refractivity contribution is 7.10. The lowest BCUT2D eigenvalue weighted by atomic mass is 9.85. The molecule has 5 heteroatoms. The molecule has 0 saturated carbocycles. The molecule has 1 aliphatic carbocycles. The molecule has 3 aliphatic rings. The number of quaternary nitrogens is 1. The predicted molar refractivity (Wildman–Crippen MR) is 84.3 cm³/mol. The zero-order valence-corrected chi connectivity index (χ0v) is 13.6. The minimum absolute atomic E-state index is 0.0511. The standard InChI is InChI=1S/C17H20N2O2S/c1-11-12-7-9-22-15(12)6-8-18(11)10-19-16(20)13-4-2-3-5-14(13)17(19)21/h2-3,7,9,11,13-14H,4-6,8,10H2,1H3/p+1/t11-,13-,14+/m1/s1. The van der Waals surface area contributed by atoms with Crippen LogP contribution < -0.4 is 4.90 Å². The zero-order valence-electron chi connectivity index (χ0n) is 12.7. The summed E-state index contributed by atoms with van der Waals surface area (Å²) >= 11 is 1.82. The van der Waals surface area contributed by atoms with Crippen LogP contribution >= 0.6 is 11.3 Å². The summed E-state index contributed by atoms with van der Waals surface area (Å²) in [6.45, 7) is 3.74. The number of nitrogens with one attached hydrogen (secondary N) is 1. The van der Waals surface area contributed by atoms with Gasteiger partial charge < -0.3 is 4.90 Å². The fourth-order valence-electron chi connectivity index (χ4n) is 4.09. The fraction of sp³-hybridized carbons (Fsp3) is 0.529. The van der Waals surface area contributed by atoms with Crippen molar-refractivity contribution in [3.05, 3.63) is 34.0 Å². The number of hydrogen-bond donors (Lipinski definition) is 1. The Morgan fingerprint density at radius 3 is 2.59 bits per heavy atom. The van der Waals surface area contributed by atoms with Gasteiger partial charge in [0.2, 0.25) is 11.8 Å². The molecule has 1 aromatic rings. The third-order valence-electron chi connectivity index (χ3n) is 5.49. The molecule has 4 atom stereocenters. The molecular formula is C17H21N2O2S+. The molecule has 0 aromatic carbocycles. The van der Waals surface area contributed by atoms with Crippen LogP contribution in [0.15, 0.2) is 23.6 Å². The highest BCUT2D eigenvalue weighted by atomic mass is 32.1. The Kier molecular flexibility index (Phi) is 3.42. The summed E-state index contributed by atoms with van der Waals surface area (Å²) in [4.78, 5) is 29.5. The van der Waals surface area contributed by atoms with E-state index in [0.29, 0.717) is 12.7 Å². The van der Waals surface area contributed by atoms with Crippen molar-refractivity contribution in [1.29, 1.82) is 0 Å². The summed E-state index contributed by atoms with van der Waals surface area (Å²) in [5, 5.41) is 2.15. The molecule has 3 heterocycles. The van der Waals surface area contributed by atoms with Gasteiger partial charge in [0.1, 0.15) is 6.04 Å². The molecule has 0 radical (unpaired) electrons. The van der Waals surface area contributed by atoms with Crippen molar-refractivity contribution < 1.29 is 14.5 Å². The second-order valence-electron chi connectivity index (χ2n) is 6.60. The molecule has 116 valence electrons. The van der Waals surface area contributed by atoms with Crippen LogP contribution in [0.25, 0.3) is 0 Å². The summed E-state index contributed by atoms with van der Waals surface area (Å²) < 4.78 is 0. The van der Waals surface area contributed by atoms with Crippen molar-refractivity contribution in [3.8, 4) is 0 Å². The van der Waals surface area contributed by atoms with Crippen LogP contribution in [0.5, 0.6) is 0 Å². The maximum Gasteiger partial charge on any atom is 0.237 e. The maximum absolute atomic E-state index is 12.6. The number of carbonyl (C=O) groups is 2. The van der Waals surface area contributed by atoms with Crippen LogP contribution in [0.4, 0.5) is 0 Å². The number of nitrogens with zero attached hydrogens (tertiary/aromatic N) is 1. The Bertz CT molecular complexity index is 625. The molecule has 1 saturated heterocycles. The molecule has 1 aromatic heterocycles.